The highest BCUT2D eigenvalue weighted by Crippen LogP contribution is 2.54. The number of anilines is 3. The van der Waals surface area contributed by atoms with E-state index in [9.17, 15) is 0 Å². The van der Waals surface area contributed by atoms with Crippen LogP contribution >= 0.6 is 0 Å². The predicted octanol–water partition coefficient (Wildman–Crippen LogP) is 11.5. The van der Waals surface area contributed by atoms with Gasteiger partial charge in [-0.25, -0.2) is 4.58 Å². The predicted molar refractivity (Wildman–Crippen MR) is 286 cm³/mol. The minimum atomic E-state index is -0.222. The monoisotopic (exact) mass is 914 g/mol. The van der Waals surface area contributed by atoms with Crippen LogP contribution in [0.25, 0.3) is 33.4 Å². The Kier molecular flexibility index (Phi) is 12.0. The van der Waals surface area contributed by atoms with Crippen molar-refractivity contribution in [3.63, 3.8) is 0 Å². The second-order valence-corrected chi connectivity index (χ2v) is 18.5. The third kappa shape index (κ3) is 7.41. The molecule has 0 saturated heterocycles. The summed E-state index contributed by atoms with van der Waals surface area (Å²) in [6.07, 6.45) is 0. The third-order valence-electron chi connectivity index (χ3n) is 15.0. The summed E-state index contributed by atoms with van der Waals surface area (Å²) in [5.74, 6) is -0.444. The smallest absolute Gasteiger partial charge is 0.224 e. The molecule has 1 aliphatic carbocycles. The first kappa shape index (κ1) is 44.5. The lowest BCUT2D eigenvalue weighted by Gasteiger charge is -2.51. The van der Waals surface area contributed by atoms with E-state index in [1.807, 2.05) is 36.4 Å². The van der Waals surface area contributed by atoms with Crippen molar-refractivity contribution in [2.75, 3.05) is 40.9 Å². The average molecular weight is 915 g/mol. The lowest BCUT2D eigenvalue weighted by molar-refractivity contribution is -0.292. The number of allylic oxidation sites excluding steroid dienone is 2. The molecule has 0 saturated carbocycles. The highest BCUT2D eigenvalue weighted by molar-refractivity contribution is 6.52. The van der Waals surface area contributed by atoms with E-state index in [-0.39, 0.29) is 46.9 Å². The normalized spacial score (nSPS) is 19.5. The van der Waals surface area contributed by atoms with Gasteiger partial charge in [-0.05, 0) is 95.6 Å². The zero-order chi connectivity index (χ0) is 47.9. The fourth-order valence-corrected chi connectivity index (χ4v) is 11.9. The van der Waals surface area contributed by atoms with Crippen LogP contribution in [0.3, 0.4) is 0 Å². The summed E-state index contributed by atoms with van der Waals surface area (Å²) in [6, 6.07) is 72.4. The molecule has 70 heavy (non-hydrogen) atoms. The van der Waals surface area contributed by atoms with Crippen LogP contribution in [0.2, 0.25) is 0 Å². The van der Waals surface area contributed by atoms with Crippen molar-refractivity contribution in [2.24, 2.45) is 0 Å². The van der Waals surface area contributed by atoms with E-state index in [0.29, 0.717) is 10.8 Å². The Bertz CT molecular complexity index is 3360. The minimum Gasteiger partial charge on any atom is -0.871 e. The average Bonchev–Trinajstić information content (AvgIpc) is 3.42. The number of hydrogen-bond donors (Lipinski definition) is 0. The molecule has 4 atom stereocenters. The standard InChI is InChI=1S/C64H58N4O2/c1-5-65-53-39-49(43-27-15-9-16-28-43)51(41-55(53)67(7-3)61(47-35-23-13-24-36-47)59(65)45-31-19-11-20-32-45)57-63(69)58(64(57)70)52-42-56-54(40-50(52)44-29-17-10-18-30-44)66(6-2)60(46-33-21-12-22-34-46)62(68(56)8-4)48-37-25-14-26-38-48/h9-42,59-62H,5-8H2,1-4H3. The van der Waals surface area contributed by atoms with Crippen LogP contribution in [-0.2, 0) is 4.79 Å². The summed E-state index contributed by atoms with van der Waals surface area (Å²) in [5, 5.41) is 17.3. The molecule has 0 radical (unpaired) electrons. The van der Waals surface area contributed by atoms with Crippen LogP contribution < -0.4 is 35.0 Å². The van der Waals surface area contributed by atoms with Crippen molar-refractivity contribution >= 4 is 34.0 Å². The van der Waals surface area contributed by atoms with Gasteiger partial charge in [0.2, 0.25) is 11.4 Å². The zero-order valence-electron chi connectivity index (χ0n) is 40.4. The molecular weight excluding hydrogens is 857 g/mol. The maximum atomic E-state index is 15.5. The number of carbonyl (C=O) groups is 1. The van der Waals surface area contributed by atoms with Crippen LogP contribution in [0.4, 0.5) is 17.1 Å². The van der Waals surface area contributed by atoms with Crippen molar-refractivity contribution < 1.29 is 9.90 Å². The molecule has 8 aromatic carbocycles. The molecule has 2 aliphatic heterocycles. The van der Waals surface area contributed by atoms with Gasteiger partial charge in [-0.1, -0.05) is 188 Å². The largest absolute Gasteiger partial charge is 0.871 e. The number of nitrogens with zero attached hydrogens (tertiary/aromatic N) is 4. The number of hydrogen-bond acceptors (Lipinski definition) is 5. The summed E-state index contributed by atoms with van der Waals surface area (Å²) in [4.78, 5) is 23.0. The Hall–Kier alpha value is -7.96. The van der Waals surface area contributed by atoms with Gasteiger partial charge >= 0.3 is 0 Å². The molecule has 0 aromatic heterocycles. The maximum Gasteiger partial charge on any atom is 0.224 e. The molecule has 11 rings (SSSR count). The second kappa shape index (κ2) is 18.9. The topological polar surface area (TPSA) is 52.9 Å². The van der Waals surface area contributed by atoms with Gasteiger partial charge in [0.15, 0.2) is 5.78 Å². The van der Waals surface area contributed by atoms with E-state index in [1.165, 1.54) is 22.3 Å². The summed E-state index contributed by atoms with van der Waals surface area (Å²) >= 11 is 0. The molecule has 8 aromatic rings. The van der Waals surface area contributed by atoms with Gasteiger partial charge in [0.05, 0.1) is 23.5 Å². The Morgan fingerprint density at radius 1 is 0.429 bits per heavy atom. The van der Waals surface area contributed by atoms with Crippen LogP contribution in [0.1, 0.15) is 79.7 Å². The number of fused-ring (bicyclic) bond motifs is 2. The van der Waals surface area contributed by atoms with Gasteiger partial charge < -0.3 is 19.8 Å². The SMILES string of the molecule is CCN1c2cc(C3=C([O-])/C(=c4\cc5c(cc4-c4ccccc4)=[N+](CC)C(c4ccccc4)C(c4ccccc4)N5CC)C3=O)c(-c3ccccc3)cc2N(CC)C(c2ccccc2)C1c1ccccc1. The summed E-state index contributed by atoms with van der Waals surface area (Å²) < 4.78 is 2.51. The number of carbonyl (C=O) groups excluding carboxylic acids is 1. The Labute approximate surface area is 412 Å². The lowest BCUT2D eigenvalue weighted by Crippen LogP contribution is -2.51. The number of likely N-dealkylation sites (N-methyl/N-ethyl adjacent to an activating group) is 4. The van der Waals surface area contributed by atoms with E-state index in [0.717, 1.165) is 70.9 Å². The highest BCUT2D eigenvalue weighted by Gasteiger charge is 2.44. The van der Waals surface area contributed by atoms with E-state index in [4.69, 9.17) is 0 Å². The summed E-state index contributed by atoms with van der Waals surface area (Å²) in [7, 11) is 0. The van der Waals surface area contributed by atoms with Crippen LogP contribution in [0, 0.1) is 0 Å². The highest BCUT2D eigenvalue weighted by atomic mass is 16.3. The van der Waals surface area contributed by atoms with E-state index in [2.05, 4.69) is 217 Å². The first-order valence-corrected chi connectivity index (χ1v) is 25.0. The van der Waals surface area contributed by atoms with E-state index < -0.39 is 0 Å². The molecule has 6 heteroatoms. The fourth-order valence-electron chi connectivity index (χ4n) is 11.9. The van der Waals surface area contributed by atoms with Crippen molar-refractivity contribution in [1.82, 2.24) is 4.58 Å². The van der Waals surface area contributed by atoms with Crippen molar-refractivity contribution in [2.45, 2.75) is 51.9 Å². The van der Waals surface area contributed by atoms with E-state index in [1.54, 1.807) is 0 Å². The lowest BCUT2D eigenvalue weighted by atomic mass is 9.77. The minimum absolute atomic E-state index is 0.00581. The molecule has 4 unspecified atom stereocenters. The third-order valence-corrected chi connectivity index (χ3v) is 15.0. The number of ketones is 1. The van der Waals surface area contributed by atoms with Crippen molar-refractivity contribution in [3.05, 3.63) is 250 Å². The Balaban J connectivity index is 1.18. The molecule has 0 spiro atoms. The molecule has 0 fully saturated rings. The molecule has 0 amide bonds. The van der Waals surface area contributed by atoms with Crippen molar-refractivity contribution in [1.29, 1.82) is 0 Å². The fraction of sp³-hybridized carbons (Fsp3) is 0.188. The number of benzene rings is 8. The zero-order valence-corrected chi connectivity index (χ0v) is 40.4. The van der Waals surface area contributed by atoms with Gasteiger partial charge in [-0.2, -0.15) is 0 Å². The van der Waals surface area contributed by atoms with E-state index >= 15 is 9.90 Å². The first-order chi connectivity index (χ1) is 34.4. The molecule has 6 nitrogen and oxygen atoms in total. The molecular formula is C64H58N4O2. The van der Waals surface area contributed by atoms with Crippen LogP contribution in [-0.4, -0.2) is 32.0 Å². The van der Waals surface area contributed by atoms with Gasteiger partial charge in [0, 0.05) is 42.4 Å². The Morgan fingerprint density at radius 2 is 0.829 bits per heavy atom. The van der Waals surface area contributed by atoms with Gasteiger partial charge in [-0.3, -0.25) is 4.79 Å². The van der Waals surface area contributed by atoms with Gasteiger partial charge in [0.25, 0.3) is 0 Å². The van der Waals surface area contributed by atoms with Crippen LogP contribution in [0.5, 0.6) is 0 Å². The number of rotatable bonds is 11. The Morgan fingerprint density at radius 3 is 1.27 bits per heavy atom. The number of Topliss-reactive ketones (excluding diaryl/α,β-unsaturated/α-hetero) is 1. The second-order valence-electron chi connectivity index (χ2n) is 18.5. The molecule has 2 heterocycles. The first-order valence-electron chi connectivity index (χ1n) is 25.0. The van der Waals surface area contributed by atoms with Gasteiger partial charge in [-0.15, -0.1) is 0 Å². The van der Waals surface area contributed by atoms with Gasteiger partial charge in [0.1, 0.15) is 18.3 Å². The molecule has 0 N–H and O–H groups in total. The molecule has 3 aliphatic rings. The van der Waals surface area contributed by atoms with Crippen LogP contribution in [0.15, 0.2) is 212 Å². The quantitative estimate of drug-likeness (QED) is 0.121. The maximum absolute atomic E-state index is 15.5. The summed E-state index contributed by atoms with van der Waals surface area (Å²) in [5.41, 5.74) is 12.8. The van der Waals surface area contributed by atoms with Crippen molar-refractivity contribution in [3.8, 4) is 22.3 Å². The molecule has 0 bridgehead atoms. The molecule has 346 valence electrons. The summed E-state index contributed by atoms with van der Waals surface area (Å²) in [6.45, 7) is 11.8.